The first-order valence-corrected chi connectivity index (χ1v) is 16.5. The number of rotatable bonds is 8. The van der Waals surface area contributed by atoms with Gasteiger partial charge in [0.25, 0.3) is 5.56 Å². The molecule has 1 aromatic heterocycles. The second-order valence-corrected chi connectivity index (χ2v) is 13.2. The zero-order valence-electron chi connectivity index (χ0n) is 26.2. The Kier molecular flexibility index (Phi) is 8.97. The van der Waals surface area contributed by atoms with Crippen molar-refractivity contribution in [2.75, 3.05) is 14.2 Å². The molecule has 0 saturated carbocycles. The van der Waals surface area contributed by atoms with Crippen molar-refractivity contribution in [1.29, 1.82) is 0 Å². The van der Waals surface area contributed by atoms with E-state index in [2.05, 4.69) is 59.0 Å². The van der Waals surface area contributed by atoms with Crippen molar-refractivity contribution < 1.29 is 19.0 Å². The summed E-state index contributed by atoms with van der Waals surface area (Å²) in [5, 5.41) is 2.28. The normalized spacial score (nSPS) is 14.8. The molecule has 4 aromatic carbocycles. The van der Waals surface area contributed by atoms with Crippen LogP contribution in [0.2, 0.25) is 0 Å². The van der Waals surface area contributed by atoms with E-state index < -0.39 is 12.0 Å². The van der Waals surface area contributed by atoms with E-state index in [4.69, 9.17) is 14.2 Å². The highest BCUT2D eigenvalue weighted by Crippen LogP contribution is 2.38. The summed E-state index contributed by atoms with van der Waals surface area (Å²) in [4.78, 5) is 32.2. The number of ether oxygens (including phenoxy) is 3. The first-order valence-electron chi connectivity index (χ1n) is 14.9. The molecule has 9 heteroatoms. The molecule has 0 aliphatic carbocycles. The molecule has 0 bridgehead atoms. The van der Waals surface area contributed by atoms with Gasteiger partial charge in [-0.3, -0.25) is 9.36 Å². The highest BCUT2D eigenvalue weighted by Gasteiger charge is 2.33. The third-order valence-electron chi connectivity index (χ3n) is 8.15. The van der Waals surface area contributed by atoms with Gasteiger partial charge in [-0.1, -0.05) is 91.9 Å². The van der Waals surface area contributed by atoms with Crippen molar-refractivity contribution in [2.24, 2.45) is 4.99 Å². The quantitative estimate of drug-likeness (QED) is 0.163. The number of benzene rings is 4. The lowest BCUT2D eigenvalue weighted by molar-refractivity contribution is -0.136. The van der Waals surface area contributed by atoms with Crippen LogP contribution >= 0.6 is 27.3 Å². The highest BCUT2D eigenvalue weighted by molar-refractivity contribution is 9.10. The summed E-state index contributed by atoms with van der Waals surface area (Å²) in [6.07, 6.45) is 1.81. The van der Waals surface area contributed by atoms with E-state index >= 15 is 0 Å². The molecular weight excluding hydrogens is 664 g/mol. The first kappa shape index (κ1) is 31.5. The molecular formula is C37H33BrN2O5S. The molecule has 1 atom stereocenters. The molecule has 5 aromatic rings. The van der Waals surface area contributed by atoms with Gasteiger partial charge in [0.05, 0.1) is 40.5 Å². The number of hydrogen-bond acceptors (Lipinski definition) is 7. The fraction of sp³-hybridized carbons (Fsp3) is 0.216. The molecule has 0 amide bonds. The van der Waals surface area contributed by atoms with Gasteiger partial charge in [-0.25, -0.2) is 9.79 Å². The van der Waals surface area contributed by atoms with Crippen LogP contribution in [0.3, 0.4) is 0 Å². The summed E-state index contributed by atoms with van der Waals surface area (Å²) in [6, 6.07) is 25.4. The number of carbonyl (C=O) groups is 1. The Hall–Kier alpha value is -4.47. The van der Waals surface area contributed by atoms with Crippen molar-refractivity contribution in [3.8, 4) is 11.5 Å². The van der Waals surface area contributed by atoms with Gasteiger partial charge in [0, 0.05) is 0 Å². The fourth-order valence-corrected chi connectivity index (χ4v) is 7.37. The van der Waals surface area contributed by atoms with Gasteiger partial charge in [-0.15, -0.1) is 0 Å². The van der Waals surface area contributed by atoms with Crippen LogP contribution in [-0.2, 0) is 16.1 Å². The number of fused-ring (bicyclic) bond motifs is 2. The molecule has 2 heterocycles. The van der Waals surface area contributed by atoms with Gasteiger partial charge in [0.1, 0.15) is 6.61 Å². The minimum atomic E-state index is -0.668. The van der Waals surface area contributed by atoms with Crippen molar-refractivity contribution in [3.05, 3.63) is 137 Å². The van der Waals surface area contributed by atoms with E-state index in [1.165, 1.54) is 24.0 Å². The second-order valence-electron chi connectivity index (χ2n) is 11.4. The molecule has 0 saturated heterocycles. The molecule has 234 valence electrons. The summed E-state index contributed by atoms with van der Waals surface area (Å²) < 4.78 is 19.9. The van der Waals surface area contributed by atoms with Crippen LogP contribution in [0.5, 0.6) is 11.5 Å². The Bertz CT molecular complexity index is 2180. The number of carbonyl (C=O) groups excluding carboxylic acids is 1. The smallest absolute Gasteiger partial charge is 0.338 e. The summed E-state index contributed by atoms with van der Waals surface area (Å²) in [6.45, 7) is 6.38. The Morgan fingerprint density at radius 1 is 1.04 bits per heavy atom. The highest BCUT2D eigenvalue weighted by atomic mass is 79.9. The van der Waals surface area contributed by atoms with E-state index in [0.717, 1.165) is 27.5 Å². The third-order valence-corrected chi connectivity index (χ3v) is 9.72. The Morgan fingerprint density at radius 2 is 1.78 bits per heavy atom. The number of nitrogens with zero attached hydrogens (tertiary/aromatic N) is 2. The van der Waals surface area contributed by atoms with E-state index in [9.17, 15) is 9.59 Å². The van der Waals surface area contributed by atoms with Gasteiger partial charge in [-0.05, 0) is 80.0 Å². The monoisotopic (exact) mass is 696 g/mol. The van der Waals surface area contributed by atoms with Crippen LogP contribution in [0, 0.1) is 0 Å². The van der Waals surface area contributed by atoms with Crippen molar-refractivity contribution in [3.63, 3.8) is 0 Å². The van der Waals surface area contributed by atoms with Crippen molar-refractivity contribution in [2.45, 2.75) is 39.3 Å². The Labute approximate surface area is 279 Å². The number of methoxy groups -OCH3 is 2. The summed E-state index contributed by atoms with van der Waals surface area (Å²) in [7, 11) is 2.93. The molecule has 0 spiro atoms. The van der Waals surface area contributed by atoms with Crippen LogP contribution in [0.1, 0.15) is 55.0 Å². The van der Waals surface area contributed by atoms with Crippen LogP contribution in [0.25, 0.3) is 16.8 Å². The lowest BCUT2D eigenvalue weighted by atomic mass is 9.93. The summed E-state index contributed by atoms with van der Waals surface area (Å²) in [5.41, 5.74) is 4.40. The van der Waals surface area contributed by atoms with Gasteiger partial charge in [-0.2, -0.15) is 0 Å². The SMILES string of the molecule is COC(=O)C1=C(C)N=c2sc(=Cc3cc(Br)c(OCc4cccc5ccccc45)c(OC)c3)c(=O)n2C1c1ccc(C(C)C)cc1. The molecule has 1 aliphatic heterocycles. The number of aromatic nitrogens is 1. The lowest BCUT2D eigenvalue weighted by Crippen LogP contribution is -2.39. The van der Waals surface area contributed by atoms with Gasteiger partial charge in [0.15, 0.2) is 16.3 Å². The maximum Gasteiger partial charge on any atom is 0.338 e. The van der Waals surface area contributed by atoms with Crippen LogP contribution in [0.4, 0.5) is 0 Å². The predicted octanol–water partition coefficient (Wildman–Crippen LogP) is 7.03. The molecule has 46 heavy (non-hydrogen) atoms. The summed E-state index contributed by atoms with van der Waals surface area (Å²) in [5.74, 6) is 0.929. The number of thiazole rings is 1. The standard InChI is InChI=1S/C37H33BrN2O5S/c1-21(2)24-13-15-26(16-14-24)33-32(36(42)44-5)22(3)39-37-40(33)35(41)31(46-37)19-23-17-29(38)34(30(18-23)43-4)45-20-27-11-8-10-25-9-6-7-12-28(25)27/h6-19,21,33H,20H2,1-5H3. The first-order chi connectivity index (χ1) is 22.2. The minimum absolute atomic E-state index is 0.248. The average Bonchev–Trinajstić information content (AvgIpc) is 3.36. The van der Waals surface area contributed by atoms with Gasteiger partial charge >= 0.3 is 5.97 Å². The van der Waals surface area contributed by atoms with Crippen LogP contribution < -0.4 is 24.4 Å². The van der Waals surface area contributed by atoms with E-state index in [1.54, 1.807) is 18.6 Å². The largest absolute Gasteiger partial charge is 0.493 e. The molecule has 0 radical (unpaired) electrons. The Morgan fingerprint density at radius 3 is 2.50 bits per heavy atom. The zero-order valence-corrected chi connectivity index (χ0v) is 28.6. The molecule has 6 rings (SSSR count). The van der Waals surface area contributed by atoms with Gasteiger partial charge in [0.2, 0.25) is 0 Å². The lowest BCUT2D eigenvalue weighted by Gasteiger charge is -2.24. The Balaban J connectivity index is 1.39. The van der Waals surface area contributed by atoms with Crippen LogP contribution in [0.15, 0.2) is 104 Å². The van der Waals surface area contributed by atoms with Crippen molar-refractivity contribution >= 4 is 50.1 Å². The number of hydrogen-bond donors (Lipinski definition) is 0. The molecule has 0 N–H and O–H groups in total. The number of halogens is 1. The average molecular weight is 698 g/mol. The summed E-state index contributed by atoms with van der Waals surface area (Å²) >= 11 is 4.94. The molecule has 1 unspecified atom stereocenters. The van der Waals surface area contributed by atoms with E-state index in [-0.39, 0.29) is 5.56 Å². The minimum Gasteiger partial charge on any atom is -0.493 e. The second kappa shape index (κ2) is 13.1. The van der Waals surface area contributed by atoms with E-state index in [1.807, 2.05) is 60.7 Å². The third kappa shape index (κ3) is 5.92. The van der Waals surface area contributed by atoms with Crippen LogP contribution in [-0.4, -0.2) is 24.8 Å². The molecule has 7 nitrogen and oxygen atoms in total. The maximum absolute atomic E-state index is 14.1. The molecule has 0 fully saturated rings. The van der Waals surface area contributed by atoms with E-state index in [0.29, 0.717) is 49.1 Å². The fourth-order valence-electron chi connectivity index (χ4n) is 5.75. The molecule has 1 aliphatic rings. The number of esters is 1. The van der Waals surface area contributed by atoms with Gasteiger partial charge < -0.3 is 14.2 Å². The zero-order chi connectivity index (χ0) is 32.5. The van der Waals surface area contributed by atoms with Crippen molar-refractivity contribution in [1.82, 2.24) is 4.57 Å². The predicted molar refractivity (Wildman–Crippen MR) is 185 cm³/mol. The number of allylic oxidation sites excluding steroid dienone is 1. The maximum atomic E-state index is 14.1. The topological polar surface area (TPSA) is 79.1 Å².